The van der Waals surface area contributed by atoms with Crippen LogP contribution in [-0.4, -0.2) is 29.3 Å². The van der Waals surface area contributed by atoms with Crippen LogP contribution >= 0.6 is 15.9 Å². The van der Waals surface area contributed by atoms with Crippen LogP contribution in [0.25, 0.3) is 0 Å². The van der Waals surface area contributed by atoms with Crippen LogP contribution in [-0.2, 0) is 29.0 Å². The van der Waals surface area contributed by atoms with E-state index in [0.717, 1.165) is 32.3 Å². The summed E-state index contributed by atoms with van der Waals surface area (Å²) in [5.41, 5.74) is 5.23. The smallest absolute Gasteiger partial charge is 0.243 e. The summed E-state index contributed by atoms with van der Waals surface area (Å²) in [7, 11) is 0. The predicted molar refractivity (Wildman–Crippen MR) is 146 cm³/mol. The highest BCUT2D eigenvalue weighted by Gasteiger charge is 2.30. The number of hydrogen-bond acceptors (Lipinski definition) is 2. The quantitative estimate of drug-likeness (QED) is 0.345. The van der Waals surface area contributed by atoms with Gasteiger partial charge in [0.05, 0.1) is 6.42 Å². The van der Waals surface area contributed by atoms with Gasteiger partial charge in [0.15, 0.2) is 0 Å². The van der Waals surface area contributed by atoms with Crippen molar-refractivity contribution in [1.82, 2.24) is 10.2 Å². The van der Waals surface area contributed by atoms with Crippen LogP contribution in [0.1, 0.15) is 41.7 Å². The minimum atomic E-state index is -0.613. The van der Waals surface area contributed by atoms with Crippen LogP contribution in [0.15, 0.2) is 77.3 Å². The van der Waals surface area contributed by atoms with Gasteiger partial charge in [-0.15, -0.1) is 0 Å². The first-order chi connectivity index (χ1) is 16.7. The summed E-state index contributed by atoms with van der Waals surface area (Å²) in [6.07, 6.45) is 0.710. The average Bonchev–Trinajstić information content (AvgIpc) is 2.81. The van der Waals surface area contributed by atoms with Gasteiger partial charge in [0, 0.05) is 24.0 Å². The highest BCUT2D eigenvalue weighted by Crippen LogP contribution is 2.19. The molecule has 3 aromatic rings. The van der Waals surface area contributed by atoms with E-state index >= 15 is 0 Å². The van der Waals surface area contributed by atoms with E-state index < -0.39 is 6.04 Å². The summed E-state index contributed by atoms with van der Waals surface area (Å²) in [5.74, 6) is 0.147. The molecule has 1 atom stereocenters. The molecule has 0 aromatic heterocycles. The fraction of sp³-hybridized carbons (Fsp3) is 0.333. The number of benzene rings is 3. The standard InChI is InChI=1S/C30H35BrN2O2/c1-21(2)19-32-30(35)28(17-24-8-6-5-7-9-24)33(20-25-10-12-27(31)13-11-25)29(34)18-26-15-22(3)14-23(4)16-26/h5-16,21,28H,17-20H2,1-4H3,(H,32,35)/t28-/m0/s1. The van der Waals surface area contributed by atoms with Crippen molar-refractivity contribution in [3.05, 3.63) is 105 Å². The second-order valence-electron chi connectivity index (χ2n) is 9.67. The number of nitrogens with one attached hydrogen (secondary N) is 1. The Morgan fingerprint density at radius 2 is 1.49 bits per heavy atom. The molecule has 0 bridgehead atoms. The highest BCUT2D eigenvalue weighted by atomic mass is 79.9. The lowest BCUT2D eigenvalue weighted by Crippen LogP contribution is -2.51. The molecule has 0 saturated carbocycles. The molecule has 0 fully saturated rings. The van der Waals surface area contributed by atoms with Crippen LogP contribution in [0.4, 0.5) is 0 Å². The van der Waals surface area contributed by atoms with Crippen molar-refractivity contribution in [2.24, 2.45) is 5.92 Å². The van der Waals surface area contributed by atoms with E-state index in [2.05, 4.69) is 41.2 Å². The van der Waals surface area contributed by atoms with Crippen LogP contribution < -0.4 is 5.32 Å². The van der Waals surface area contributed by atoms with E-state index in [-0.39, 0.29) is 18.2 Å². The third kappa shape index (κ3) is 8.36. The molecule has 2 amide bonds. The molecule has 0 aliphatic rings. The van der Waals surface area contributed by atoms with Gasteiger partial charge in [0.25, 0.3) is 0 Å². The number of amides is 2. The highest BCUT2D eigenvalue weighted by molar-refractivity contribution is 9.10. The number of rotatable bonds is 10. The molecular formula is C30H35BrN2O2. The normalized spacial score (nSPS) is 11.8. The van der Waals surface area contributed by atoms with Crippen molar-refractivity contribution in [1.29, 1.82) is 0 Å². The number of hydrogen-bond donors (Lipinski definition) is 1. The molecule has 184 valence electrons. The van der Waals surface area contributed by atoms with Gasteiger partial charge < -0.3 is 10.2 Å². The van der Waals surface area contributed by atoms with Gasteiger partial charge in [0.1, 0.15) is 6.04 Å². The fourth-order valence-electron chi connectivity index (χ4n) is 4.21. The second-order valence-corrected chi connectivity index (χ2v) is 10.6. The first kappa shape index (κ1) is 26.7. The molecule has 4 nitrogen and oxygen atoms in total. The van der Waals surface area contributed by atoms with Gasteiger partial charge >= 0.3 is 0 Å². The van der Waals surface area contributed by atoms with Crippen molar-refractivity contribution in [2.75, 3.05) is 6.54 Å². The fourth-order valence-corrected chi connectivity index (χ4v) is 4.47. The summed E-state index contributed by atoms with van der Waals surface area (Å²) < 4.78 is 0.977. The molecule has 0 spiro atoms. The van der Waals surface area contributed by atoms with Crippen molar-refractivity contribution in [2.45, 2.75) is 53.1 Å². The summed E-state index contributed by atoms with van der Waals surface area (Å²) in [6, 6.07) is 23.4. The average molecular weight is 536 g/mol. The van der Waals surface area contributed by atoms with Crippen molar-refractivity contribution < 1.29 is 9.59 Å². The first-order valence-corrected chi connectivity index (χ1v) is 12.9. The molecule has 35 heavy (non-hydrogen) atoms. The van der Waals surface area contributed by atoms with Gasteiger partial charge in [-0.05, 0) is 48.6 Å². The third-order valence-electron chi connectivity index (χ3n) is 5.86. The summed E-state index contributed by atoms with van der Waals surface area (Å²) in [6.45, 7) is 9.15. The monoisotopic (exact) mass is 534 g/mol. The van der Waals surface area contributed by atoms with Crippen LogP contribution in [0.3, 0.4) is 0 Å². The Balaban J connectivity index is 1.96. The van der Waals surface area contributed by atoms with Gasteiger partial charge in [-0.1, -0.05) is 102 Å². The Labute approximate surface area is 217 Å². The number of aryl methyl sites for hydroxylation is 2. The topological polar surface area (TPSA) is 49.4 Å². The SMILES string of the molecule is Cc1cc(C)cc(CC(=O)N(Cc2ccc(Br)cc2)[C@@H](Cc2ccccc2)C(=O)NCC(C)C)c1. The van der Waals surface area contributed by atoms with E-state index in [1.807, 2.05) is 80.6 Å². The zero-order valence-corrected chi connectivity index (χ0v) is 22.6. The van der Waals surface area contributed by atoms with Crippen molar-refractivity contribution in [3.63, 3.8) is 0 Å². The van der Waals surface area contributed by atoms with E-state index in [4.69, 9.17) is 0 Å². The summed E-state index contributed by atoms with van der Waals surface area (Å²) >= 11 is 3.48. The first-order valence-electron chi connectivity index (χ1n) is 12.1. The molecule has 3 aromatic carbocycles. The number of carbonyl (C=O) groups excluding carboxylic acids is 2. The Hall–Kier alpha value is -2.92. The minimum absolute atomic E-state index is 0.0569. The van der Waals surface area contributed by atoms with E-state index in [1.165, 1.54) is 0 Å². The molecule has 0 unspecified atom stereocenters. The predicted octanol–water partition coefficient (Wildman–Crippen LogP) is 6.02. The van der Waals surface area contributed by atoms with E-state index in [9.17, 15) is 9.59 Å². The van der Waals surface area contributed by atoms with Crippen molar-refractivity contribution in [3.8, 4) is 0 Å². The molecule has 0 saturated heterocycles. The van der Waals surface area contributed by atoms with Crippen molar-refractivity contribution >= 4 is 27.7 Å². The maximum Gasteiger partial charge on any atom is 0.243 e. The lowest BCUT2D eigenvalue weighted by atomic mass is 10.00. The molecule has 1 N–H and O–H groups in total. The van der Waals surface area contributed by atoms with Crippen LogP contribution in [0.2, 0.25) is 0 Å². The van der Waals surface area contributed by atoms with Gasteiger partial charge in [-0.25, -0.2) is 0 Å². The van der Waals surface area contributed by atoms with Crippen LogP contribution in [0.5, 0.6) is 0 Å². The molecule has 0 heterocycles. The largest absolute Gasteiger partial charge is 0.354 e. The minimum Gasteiger partial charge on any atom is -0.354 e. The molecule has 0 radical (unpaired) electrons. The Bertz CT molecular complexity index is 1110. The maximum atomic E-state index is 13.8. The lowest BCUT2D eigenvalue weighted by Gasteiger charge is -2.32. The Morgan fingerprint density at radius 3 is 2.09 bits per heavy atom. The number of halogens is 1. The molecule has 3 rings (SSSR count). The van der Waals surface area contributed by atoms with Gasteiger partial charge in [0.2, 0.25) is 11.8 Å². The van der Waals surface area contributed by atoms with Crippen LogP contribution in [0, 0.1) is 19.8 Å². The Kier molecular flexibility index (Phi) is 9.67. The van der Waals surface area contributed by atoms with Gasteiger partial charge in [-0.3, -0.25) is 9.59 Å². The number of nitrogens with zero attached hydrogens (tertiary/aromatic N) is 1. The number of carbonyl (C=O) groups is 2. The zero-order valence-electron chi connectivity index (χ0n) is 21.1. The van der Waals surface area contributed by atoms with Gasteiger partial charge in [-0.2, -0.15) is 0 Å². The molecular weight excluding hydrogens is 500 g/mol. The third-order valence-corrected chi connectivity index (χ3v) is 6.39. The zero-order chi connectivity index (χ0) is 25.4. The lowest BCUT2D eigenvalue weighted by molar-refractivity contribution is -0.140. The molecule has 5 heteroatoms. The Morgan fingerprint density at radius 1 is 0.857 bits per heavy atom. The van der Waals surface area contributed by atoms with E-state index in [0.29, 0.717) is 25.4 Å². The molecule has 0 aliphatic carbocycles. The second kappa shape index (κ2) is 12.7. The summed E-state index contributed by atoms with van der Waals surface area (Å²) in [5, 5.41) is 3.07. The molecule has 0 aliphatic heterocycles. The van der Waals surface area contributed by atoms with E-state index in [1.54, 1.807) is 4.90 Å². The maximum absolute atomic E-state index is 13.8. The summed E-state index contributed by atoms with van der Waals surface area (Å²) in [4.78, 5) is 29.1.